The molecule has 20 heavy (non-hydrogen) atoms. The number of hydrogen-bond donors (Lipinski definition) is 1. The predicted octanol–water partition coefficient (Wildman–Crippen LogP) is 2.26. The first kappa shape index (κ1) is 14.6. The van der Waals surface area contributed by atoms with Crippen LogP contribution < -0.4 is 5.73 Å². The summed E-state index contributed by atoms with van der Waals surface area (Å²) < 4.78 is 0. The predicted molar refractivity (Wildman–Crippen MR) is 81.3 cm³/mol. The van der Waals surface area contributed by atoms with Crippen molar-refractivity contribution in [3.63, 3.8) is 0 Å². The molecule has 1 fully saturated rings. The van der Waals surface area contributed by atoms with Crippen molar-refractivity contribution < 1.29 is 4.79 Å². The van der Waals surface area contributed by atoms with Crippen LogP contribution in [0.4, 0.5) is 0 Å². The summed E-state index contributed by atoms with van der Waals surface area (Å²) in [6, 6.07) is 7.51. The molecule has 1 saturated heterocycles. The smallest absolute Gasteiger partial charge is 0.253 e. The Bertz CT molecular complexity index is 519. The quantitative estimate of drug-likeness (QED) is 0.838. The highest BCUT2D eigenvalue weighted by Crippen LogP contribution is 2.21. The molecule has 2 rings (SSSR count). The molecule has 0 spiro atoms. The van der Waals surface area contributed by atoms with E-state index in [0.717, 1.165) is 43.0 Å². The highest BCUT2D eigenvalue weighted by molar-refractivity contribution is 5.94. The van der Waals surface area contributed by atoms with Crippen molar-refractivity contribution in [2.24, 2.45) is 11.7 Å². The van der Waals surface area contributed by atoms with E-state index in [1.807, 2.05) is 29.2 Å². The Kier molecular flexibility index (Phi) is 5.20. The van der Waals surface area contributed by atoms with Crippen molar-refractivity contribution in [3.8, 4) is 11.8 Å². The third kappa shape index (κ3) is 3.61. The number of likely N-dealkylation sites (tertiary alicyclic amines) is 1. The largest absolute Gasteiger partial charge is 0.339 e. The molecule has 3 heteroatoms. The first-order valence-electron chi connectivity index (χ1n) is 7.33. The van der Waals surface area contributed by atoms with Crippen LogP contribution in [0.15, 0.2) is 24.3 Å². The summed E-state index contributed by atoms with van der Waals surface area (Å²) in [7, 11) is 0. The molecule has 0 atom stereocenters. The Morgan fingerprint density at radius 2 is 2.15 bits per heavy atom. The summed E-state index contributed by atoms with van der Waals surface area (Å²) in [6.07, 6.45) is 3.45. The highest BCUT2D eigenvalue weighted by atomic mass is 16.2. The van der Waals surface area contributed by atoms with Gasteiger partial charge in [0.15, 0.2) is 0 Å². The molecular formula is C17H22N2O. The van der Waals surface area contributed by atoms with E-state index in [1.165, 1.54) is 6.42 Å². The van der Waals surface area contributed by atoms with Crippen molar-refractivity contribution in [2.45, 2.75) is 26.2 Å². The van der Waals surface area contributed by atoms with E-state index in [4.69, 9.17) is 5.73 Å². The third-order valence-electron chi connectivity index (χ3n) is 3.92. The van der Waals surface area contributed by atoms with Crippen molar-refractivity contribution in [3.05, 3.63) is 35.4 Å². The zero-order valence-corrected chi connectivity index (χ0v) is 12.1. The second-order valence-corrected chi connectivity index (χ2v) is 5.23. The van der Waals surface area contributed by atoms with Crippen molar-refractivity contribution in [1.82, 2.24) is 4.90 Å². The molecule has 0 saturated carbocycles. The SMILES string of the molecule is CCC1CCN(C(=O)c2cccc(C#CCN)c2)CC1. The van der Waals surface area contributed by atoms with Gasteiger partial charge in [-0.3, -0.25) is 4.79 Å². The van der Waals surface area contributed by atoms with E-state index in [1.54, 1.807) is 0 Å². The second kappa shape index (κ2) is 7.12. The average Bonchev–Trinajstić information content (AvgIpc) is 2.52. The lowest BCUT2D eigenvalue weighted by atomic mass is 9.94. The van der Waals surface area contributed by atoms with Crippen LogP contribution in [0.2, 0.25) is 0 Å². The lowest BCUT2D eigenvalue weighted by Gasteiger charge is -2.31. The zero-order chi connectivity index (χ0) is 14.4. The van der Waals surface area contributed by atoms with E-state index >= 15 is 0 Å². The van der Waals surface area contributed by atoms with Crippen LogP contribution in [0.25, 0.3) is 0 Å². The summed E-state index contributed by atoms with van der Waals surface area (Å²) in [6.45, 7) is 4.30. The molecule has 1 aliphatic rings. The maximum absolute atomic E-state index is 12.5. The van der Waals surface area contributed by atoms with Crippen LogP contribution in [0, 0.1) is 17.8 Å². The Hall–Kier alpha value is -1.79. The molecule has 2 N–H and O–H groups in total. The number of nitrogens with zero attached hydrogens (tertiary/aromatic N) is 1. The number of piperidine rings is 1. The minimum Gasteiger partial charge on any atom is -0.339 e. The van der Waals surface area contributed by atoms with Crippen molar-refractivity contribution in [2.75, 3.05) is 19.6 Å². The molecular weight excluding hydrogens is 248 g/mol. The minimum absolute atomic E-state index is 0.121. The van der Waals surface area contributed by atoms with E-state index < -0.39 is 0 Å². The highest BCUT2D eigenvalue weighted by Gasteiger charge is 2.22. The van der Waals surface area contributed by atoms with Crippen molar-refractivity contribution in [1.29, 1.82) is 0 Å². The molecule has 0 bridgehead atoms. The first-order valence-corrected chi connectivity index (χ1v) is 7.33. The first-order chi connectivity index (χ1) is 9.74. The van der Waals surface area contributed by atoms with Gasteiger partial charge in [0.05, 0.1) is 6.54 Å². The number of amides is 1. The van der Waals surface area contributed by atoms with E-state index in [-0.39, 0.29) is 5.91 Å². The second-order valence-electron chi connectivity index (χ2n) is 5.23. The average molecular weight is 270 g/mol. The van der Waals surface area contributed by atoms with Crippen molar-refractivity contribution >= 4 is 5.91 Å². The molecule has 0 radical (unpaired) electrons. The maximum atomic E-state index is 12.5. The summed E-state index contributed by atoms with van der Waals surface area (Å²) in [5.41, 5.74) is 6.95. The van der Waals surface area contributed by atoms with Crippen LogP contribution in [-0.4, -0.2) is 30.4 Å². The normalized spacial score (nSPS) is 15.6. The number of benzene rings is 1. The molecule has 1 amide bonds. The summed E-state index contributed by atoms with van der Waals surface area (Å²) in [5.74, 6) is 6.69. The molecule has 106 valence electrons. The Balaban J connectivity index is 2.06. The molecule has 0 aliphatic carbocycles. The minimum atomic E-state index is 0.121. The standard InChI is InChI=1S/C17H22N2O/c1-2-14-8-11-19(12-9-14)17(20)16-7-3-5-15(13-16)6-4-10-18/h3,5,7,13-14H,2,8-12,18H2,1H3. The Labute approximate surface area is 121 Å². The van der Waals surface area contributed by atoms with Crippen LogP contribution in [-0.2, 0) is 0 Å². The summed E-state index contributed by atoms with van der Waals surface area (Å²) >= 11 is 0. The van der Waals surface area contributed by atoms with Gasteiger partial charge in [0.2, 0.25) is 0 Å². The summed E-state index contributed by atoms with van der Waals surface area (Å²) in [5, 5.41) is 0. The summed E-state index contributed by atoms with van der Waals surface area (Å²) in [4.78, 5) is 14.4. The molecule has 3 nitrogen and oxygen atoms in total. The van der Waals surface area contributed by atoms with E-state index in [2.05, 4.69) is 18.8 Å². The van der Waals surface area contributed by atoms with Gasteiger partial charge in [0.25, 0.3) is 5.91 Å². The monoisotopic (exact) mass is 270 g/mol. The van der Waals surface area contributed by atoms with E-state index in [0.29, 0.717) is 6.54 Å². The molecule has 0 aromatic heterocycles. The molecule has 1 aromatic carbocycles. The van der Waals surface area contributed by atoms with Gasteiger partial charge in [0.1, 0.15) is 0 Å². The number of nitrogens with two attached hydrogens (primary N) is 1. The van der Waals surface area contributed by atoms with Gasteiger partial charge in [-0.1, -0.05) is 31.3 Å². The number of hydrogen-bond acceptors (Lipinski definition) is 2. The Morgan fingerprint density at radius 1 is 1.40 bits per heavy atom. The third-order valence-corrected chi connectivity index (χ3v) is 3.92. The molecule has 1 aromatic rings. The fraction of sp³-hybridized carbons (Fsp3) is 0.471. The fourth-order valence-electron chi connectivity index (χ4n) is 2.61. The van der Waals surface area contributed by atoms with Crippen LogP contribution in [0.3, 0.4) is 0 Å². The number of carbonyl (C=O) groups excluding carboxylic acids is 1. The van der Waals surface area contributed by atoms with Gasteiger partial charge in [-0.15, -0.1) is 0 Å². The van der Waals surface area contributed by atoms with Crippen LogP contribution in [0.5, 0.6) is 0 Å². The van der Waals surface area contributed by atoms with Gasteiger partial charge < -0.3 is 10.6 Å². The topological polar surface area (TPSA) is 46.3 Å². The maximum Gasteiger partial charge on any atom is 0.253 e. The lowest BCUT2D eigenvalue weighted by molar-refractivity contribution is 0.0689. The van der Waals surface area contributed by atoms with Gasteiger partial charge in [-0.25, -0.2) is 0 Å². The van der Waals surface area contributed by atoms with Crippen LogP contribution >= 0.6 is 0 Å². The number of carbonyl (C=O) groups is 1. The number of rotatable bonds is 2. The van der Waals surface area contributed by atoms with Gasteiger partial charge in [-0.05, 0) is 37.0 Å². The molecule has 1 heterocycles. The van der Waals surface area contributed by atoms with Crippen LogP contribution in [0.1, 0.15) is 42.1 Å². The van der Waals surface area contributed by atoms with E-state index in [9.17, 15) is 4.79 Å². The van der Waals surface area contributed by atoms with Gasteiger partial charge in [0, 0.05) is 24.2 Å². The fourth-order valence-corrected chi connectivity index (χ4v) is 2.61. The molecule has 1 aliphatic heterocycles. The lowest BCUT2D eigenvalue weighted by Crippen LogP contribution is -2.38. The zero-order valence-electron chi connectivity index (χ0n) is 12.1. The molecule has 0 unspecified atom stereocenters. The Morgan fingerprint density at radius 3 is 2.80 bits per heavy atom. The van der Waals surface area contributed by atoms with Gasteiger partial charge in [-0.2, -0.15) is 0 Å². The van der Waals surface area contributed by atoms with Gasteiger partial charge >= 0.3 is 0 Å².